The van der Waals surface area contributed by atoms with E-state index >= 15 is 0 Å². The molecule has 0 aliphatic carbocycles. The van der Waals surface area contributed by atoms with Crippen LogP contribution >= 0.6 is 0 Å². The number of piperazine rings is 1. The van der Waals surface area contributed by atoms with E-state index in [4.69, 9.17) is 0 Å². The number of amides is 1. The number of sulfonamides is 1. The molecule has 20 heavy (non-hydrogen) atoms. The molecule has 1 amide bonds. The molecule has 1 saturated heterocycles. The van der Waals surface area contributed by atoms with E-state index in [1.54, 1.807) is 23.1 Å². The molecule has 0 spiro atoms. The summed E-state index contributed by atoms with van der Waals surface area (Å²) in [6.07, 6.45) is 0. The van der Waals surface area contributed by atoms with Gasteiger partial charge in [-0.15, -0.1) is 0 Å². The van der Waals surface area contributed by atoms with Crippen molar-refractivity contribution in [1.29, 1.82) is 0 Å². The molecule has 1 aromatic carbocycles. The molecule has 7 heteroatoms. The lowest BCUT2D eigenvalue weighted by Gasteiger charge is -2.30. The molecule has 0 radical (unpaired) electrons. The van der Waals surface area contributed by atoms with Crippen LogP contribution in [0.15, 0.2) is 35.2 Å². The van der Waals surface area contributed by atoms with E-state index in [1.807, 2.05) is 0 Å². The molecule has 0 aromatic heterocycles. The van der Waals surface area contributed by atoms with Crippen LogP contribution in [0.2, 0.25) is 0 Å². The van der Waals surface area contributed by atoms with E-state index in [9.17, 15) is 13.2 Å². The van der Waals surface area contributed by atoms with Gasteiger partial charge in [-0.25, -0.2) is 13.1 Å². The molecule has 1 heterocycles. The first kappa shape index (κ1) is 15.0. The molecule has 6 nitrogen and oxygen atoms in total. The van der Waals surface area contributed by atoms with E-state index in [0.29, 0.717) is 13.1 Å². The van der Waals surface area contributed by atoms with Gasteiger partial charge in [-0.05, 0) is 12.1 Å². The van der Waals surface area contributed by atoms with Gasteiger partial charge in [0.15, 0.2) is 0 Å². The molecule has 1 aliphatic rings. The third kappa shape index (κ3) is 3.78. The highest BCUT2D eigenvalue weighted by Gasteiger charge is 2.23. The number of rotatable bonds is 4. The third-order valence-corrected chi connectivity index (χ3v) is 4.85. The summed E-state index contributed by atoms with van der Waals surface area (Å²) in [7, 11) is -1.52. The number of likely N-dealkylation sites (N-methyl/N-ethyl adjacent to an activating group) is 1. The van der Waals surface area contributed by atoms with Crippen molar-refractivity contribution in [2.45, 2.75) is 4.90 Å². The first-order chi connectivity index (χ1) is 9.49. The normalized spacial score (nSPS) is 17.1. The van der Waals surface area contributed by atoms with Crippen molar-refractivity contribution in [2.24, 2.45) is 0 Å². The predicted octanol–water partition coefficient (Wildman–Crippen LogP) is -1.68. The number of benzene rings is 1. The summed E-state index contributed by atoms with van der Waals surface area (Å²) in [5, 5.41) is 0. The van der Waals surface area contributed by atoms with Gasteiger partial charge < -0.3 is 9.80 Å². The van der Waals surface area contributed by atoms with Gasteiger partial charge in [0.1, 0.15) is 0 Å². The quantitative estimate of drug-likeness (QED) is 0.698. The van der Waals surface area contributed by atoms with E-state index in [0.717, 1.165) is 13.1 Å². The second-order valence-electron chi connectivity index (χ2n) is 4.98. The lowest BCUT2D eigenvalue weighted by molar-refractivity contribution is -0.883. The van der Waals surface area contributed by atoms with Crippen LogP contribution in [0, 0.1) is 0 Å². The highest BCUT2D eigenvalue weighted by atomic mass is 32.2. The zero-order valence-electron chi connectivity index (χ0n) is 11.5. The maximum atomic E-state index is 12.0. The van der Waals surface area contributed by atoms with Crippen LogP contribution in [-0.4, -0.2) is 59.0 Å². The third-order valence-electron chi connectivity index (χ3n) is 3.44. The van der Waals surface area contributed by atoms with Crippen LogP contribution in [0.5, 0.6) is 0 Å². The summed E-state index contributed by atoms with van der Waals surface area (Å²) < 4.78 is 26.3. The molecule has 110 valence electrons. The highest BCUT2D eigenvalue weighted by Crippen LogP contribution is 2.06. The number of carbonyl (C=O) groups is 1. The van der Waals surface area contributed by atoms with Gasteiger partial charge in [0.2, 0.25) is 15.9 Å². The van der Waals surface area contributed by atoms with Gasteiger partial charge in [-0.1, -0.05) is 18.2 Å². The fourth-order valence-electron chi connectivity index (χ4n) is 2.09. The molecule has 1 aliphatic heterocycles. The van der Waals surface area contributed by atoms with Gasteiger partial charge in [0, 0.05) is 0 Å². The van der Waals surface area contributed by atoms with Crippen molar-refractivity contribution in [3.8, 4) is 0 Å². The fourth-order valence-corrected chi connectivity index (χ4v) is 3.08. The molecular formula is C13H20N3O3S+. The molecule has 2 rings (SSSR count). The average molecular weight is 298 g/mol. The van der Waals surface area contributed by atoms with Crippen LogP contribution in [0.1, 0.15) is 0 Å². The number of quaternary nitrogens is 1. The van der Waals surface area contributed by atoms with Crippen LogP contribution in [0.25, 0.3) is 0 Å². The standard InChI is InChI=1S/C13H19N3O3S/c1-15-7-9-16(10-8-15)13(17)11-14-20(18,19)12-5-3-2-4-6-12/h2-6,14H,7-11H2,1H3/p+1. The molecule has 1 fully saturated rings. The highest BCUT2D eigenvalue weighted by molar-refractivity contribution is 7.89. The van der Waals surface area contributed by atoms with Crippen LogP contribution in [0.4, 0.5) is 0 Å². The smallest absolute Gasteiger partial charge is 0.241 e. The monoisotopic (exact) mass is 298 g/mol. The number of hydrogen-bond donors (Lipinski definition) is 2. The summed E-state index contributed by atoms with van der Waals surface area (Å²) in [6.45, 7) is 2.97. The Balaban J connectivity index is 1.90. The van der Waals surface area contributed by atoms with Crippen LogP contribution < -0.4 is 9.62 Å². The molecule has 0 bridgehead atoms. The van der Waals surface area contributed by atoms with Crippen LogP contribution in [0.3, 0.4) is 0 Å². The summed E-state index contributed by atoms with van der Waals surface area (Å²) in [4.78, 5) is 15.2. The second kappa shape index (κ2) is 6.34. The Morgan fingerprint density at radius 2 is 1.85 bits per heavy atom. The summed E-state index contributed by atoms with van der Waals surface area (Å²) in [5.41, 5.74) is 0. The largest absolute Gasteiger partial charge is 0.334 e. The first-order valence-electron chi connectivity index (χ1n) is 6.63. The maximum Gasteiger partial charge on any atom is 0.241 e. The summed E-state index contributed by atoms with van der Waals surface area (Å²) >= 11 is 0. The molecule has 0 saturated carbocycles. The Morgan fingerprint density at radius 1 is 1.25 bits per heavy atom. The first-order valence-corrected chi connectivity index (χ1v) is 8.11. The molecular weight excluding hydrogens is 278 g/mol. The Bertz CT molecular complexity index is 551. The summed E-state index contributed by atoms with van der Waals surface area (Å²) in [6, 6.07) is 8.06. The zero-order chi connectivity index (χ0) is 14.6. The van der Waals surface area contributed by atoms with Gasteiger partial charge in [0.25, 0.3) is 0 Å². The topological polar surface area (TPSA) is 70.9 Å². The van der Waals surface area contributed by atoms with Gasteiger partial charge in [-0.3, -0.25) is 4.79 Å². The van der Waals surface area contributed by atoms with Crippen molar-refractivity contribution in [2.75, 3.05) is 39.8 Å². The number of nitrogens with one attached hydrogen (secondary N) is 2. The fraction of sp³-hybridized carbons (Fsp3) is 0.462. The molecule has 0 atom stereocenters. The zero-order valence-corrected chi connectivity index (χ0v) is 12.3. The number of hydrogen-bond acceptors (Lipinski definition) is 3. The molecule has 0 unspecified atom stereocenters. The molecule has 1 aromatic rings. The Labute approximate surface area is 119 Å². The minimum absolute atomic E-state index is 0.169. The van der Waals surface area contributed by atoms with E-state index in [-0.39, 0.29) is 17.3 Å². The average Bonchev–Trinajstić information content (AvgIpc) is 2.46. The summed E-state index contributed by atoms with van der Waals surface area (Å²) in [5.74, 6) is -0.169. The van der Waals surface area contributed by atoms with Crippen molar-refractivity contribution in [3.63, 3.8) is 0 Å². The van der Waals surface area contributed by atoms with Crippen molar-refractivity contribution >= 4 is 15.9 Å². The van der Waals surface area contributed by atoms with Crippen molar-refractivity contribution in [1.82, 2.24) is 9.62 Å². The predicted molar refractivity (Wildman–Crippen MR) is 74.8 cm³/mol. The second-order valence-corrected chi connectivity index (χ2v) is 6.74. The van der Waals surface area contributed by atoms with Crippen molar-refractivity contribution in [3.05, 3.63) is 30.3 Å². The van der Waals surface area contributed by atoms with E-state index < -0.39 is 10.0 Å². The van der Waals surface area contributed by atoms with Gasteiger partial charge >= 0.3 is 0 Å². The van der Waals surface area contributed by atoms with Crippen molar-refractivity contribution < 1.29 is 18.1 Å². The number of carbonyl (C=O) groups excluding carboxylic acids is 1. The SMILES string of the molecule is C[NH+]1CCN(C(=O)CNS(=O)(=O)c2ccccc2)CC1. The van der Waals surface area contributed by atoms with E-state index in [2.05, 4.69) is 11.8 Å². The van der Waals surface area contributed by atoms with Gasteiger partial charge in [-0.2, -0.15) is 0 Å². The Morgan fingerprint density at radius 3 is 2.45 bits per heavy atom. The molecule has 2 N–H and O–H groups in total. The van der Waals surface area contributed by atoms with Crippen LogP contribution in [-0.2, 0) is 14.8 Å². The lowest BCUT2D eigenvalue weighted by Crippen LogP contribution is -3.12. The Hall–Kier alpha value is -1.44. The maximum absolute atomic E-state index is 12.0. The minimum atomic E-state index is -3.61. The minimum Gasteiger partial charge on any atom is -0.334 e. The van der Waals surface area contributed by atoms with Gasteiger partial charge in [0.05, 0.1) is 44.7 Å². The lowest BCUT2D eigenvalue weighted by atomic mass is 10.3. The number of nitrogens with zero attached hydrogens (tertiary/aromatic N) is 1. The van der Waals surface area contributed by atoms with E-state index in [1.165, 1.54) is 17.0 Å². The Kier molecular flexibility index (Phi) is 4.74.